The van der Waals surface area contributed by atoms with Gasteiger partial charge >= 0.3 is 6.03 Å². The predicted octanol–water partition coefficient (Wildman–Crippen LogP) is 4.92. The molecular weight excluding hydrogens is 424 g/mol. The van der Waals surface area contributed by atoms with Crippen LogP contribution in [0.25, 0.3) is 0 Å². The molecule has 0 aliphatic rings. The summed E-state index contributed by atoms with van der Waals surface area (Å²) in [4.78, 5) is 23.8. The molecule has 0 bridgehead atoms. The van der Waals surface area contributed by atoms with E-state index in [-0.39, 0.29) is 10.0 Å². The van der Waals surface area contributed by atoms with E-state index in [0.29, 0.717) is 21.5 Å². The zero-order chi connectivity index (χ0) is 19.3. The highest BCUT2D eigenvalue weighted by Gasteiger charge is 2.17. The summed E-state index contributed by atoms with van der Waals surface area (Å²) in [6.07, 6.45) is -0.918. The van der Waals surface area contributed by atoms with Gasteiger partial charge in [0.2, 0.25) is 0 Å². The maximum absolute atomic E-state index is 12.0. The lowest BCUT2D eigenvalue weighted by atomic mass is 10.3. The summed E-state index contributed by atoms with van der Waals surface area (Å²) in [6.45, 7) is 1.50. The van der Waals surface area contributed by atoms with Crippen LogP contribution < -0.4 is 20.9 Å². The van der Waals surface area contributed by atoms with E-state index >= 15 is 0 Å². The van der Waals surface area contributed by atoms with Crippen molar-refractivity contribution < 1.29 is 14.3 Å². The summed E-state index contributed by atoms with van der Waals surface area (Å²) in [5.74, 6) is -0.292. The number of benzene rings is 2. The van der Waals surface area contributed by atoms with E-state index in [1.165, 1.54) is 25.1 Å². The highest BCUT2D eigenvalue weighted by Crippen LogP contribution is 2.28. The van der Waals surface area contributed by atoms with E-state index < -0.39 is 18.0 Å². The van der Waals surface area contributed by atoms with Crippen LogP contribution in [0.5, 0.6) is 5.75 Å². The number of nitrogens with one attached hydrogen (secondary N) is 3. The van der Waals surface area contributed by atoms with Gasteiger partial charge in [0.1, 0.15) is 5.75 Å². The third-order valence-electron chi connectivity index (χ3n) is 3.04. The first-order valence-corrected chi connectivity index (χ1v) is 8.71. The molecule has 2 aromatic carbocycles. The van der Waals surface area contributed by atoms with E-state index in [9.17, 15) is 9.59 Å². The second kappa shape index (κ2) is 9.19. The molecule has 2 aromatic rings. The van der Waals surface area contributed by atoms with Gasteiger partial charge < -0.3 is 10.1 Å². The van der Waals surface area contributed by atoms with Gasteiger partial charge in [0.05, 0.1) is 15.1 Å². The molecule has 0 spiro atoms. The number of urea groups is 1. The number of anilines is 1. The Labute approximate surface area is 169 Å². The largest absolute Gasteiger partial charge is 0.479 e. The average molecular weight is 437 g/mol. The second-order valence-electron chi connectivity index (χ2n) is 5.03. The van der Waals surface area contributed by atoms with Crippen molar-refractivity contribution in [1.29, 1.82) is 0 Å². The van der Waals surface area contributed by atoms with Crippen LogP contribution in [-0.2, 0) is 4.79 Å². The Morgan fingerprint density at radius 1 is 0.923 bits per heavy atom. The van der Waals surface area contributed by atoms with Gasteiger partial charge in [-0.15, -0.1) is 0 Å². The fraction of sp³-hybridized carbons (Fsp3) is 0.125. The summed E-state index contributed by atoms with van der Waals surface area (Å²) in [5.41, 5.74) is 4.83. The molecule has 0 fully saturated rings. The van der Waals surface area contributed by atoms with E-state index in [2.05, 4.69) is 16.2 Å². The number of rotatable bonds is 4. The van der Waals surface area contributed by atoms with Crippen molar-refractivity contribution in [3.05, 3.63) is 56.5 Å². The minimum absolute atomic E-state index is 0.266. The molecule has 138 valence electrons. The minimum atomic E-state index is -0.918. The molecule has 0 saturated heterocycles. The first-order chi connectivity index (χ1) is 12.3. The Morgan fingerprint density at radius 2 is 1.65 bits per heavy atom. The third kappa shape index (κ3) is 5.85. The first-order valence-electron chi connectivity index (χ1n) is 7.20. The van der Waals surface area contributed by atoms with Crippen molar-refractivity contribution >= 4 is 64.0 Å². The molecule has 10 heteroatoms. The Kier molecular flexibility index (Phi) is 7.23. The van der Waals surface area contributed by atoms with Crippen LogP contribution in [0.2, 0.25) is 20.1 Å². The number of carbonyl (C=O) groups is 2. The molecule has 0 radical (unpaired) electrons. The number of ether oxygens (including phenoxy) is 1. The molecule has 2 rings (SSSR count). The maximum atomic E-state index is 12.0. The Balaban J connectivity index is 1.84. The van der Waals surface area contributed by atoms with Crippen molar-refractivity contribution in [2.45, 2.75) is 13.0 Å². The van der Waals surface area contributed by atoms with Gasteiger partial charge in [-0.25, -0.2) is 10.2 Å². The topological polar surface area (TPSA) is 79.5 Å². The van der Waals surface area contributed by atoms with Gasteiger partial charge in [-0.3, -0.25) is 10.2 Å². The van der Waals surface area contributed by atoms with Gasteiger partial charge in [0, 0.05) is 10.7 Å². The van der Waals surface area contributed by atoms with E-state index in [0.717, 1.165) is 0 Å². The average Bonchev–Trinajstić information content (AvgIpc) is 2.58. The number of amides is 3. The van der Waals surface area contributed by atoms with Crippen LogP contribution in [0.4, 0.5) is 10.5 Å². The van der Waals surface area contributed by atoms with Crippen molar-refractivity contribution in [3.63, 3.8) is 0 Å². The number of hydrogen-bond acceptors (Lipinski definition) is 3. The van der Waals surface area contributed by atoms with E-state index in [1.807, 2.05) is 0 Å². The molecule has 1 unspecified atom stereocenters. The summed E-state index contributed by atoms with van der Waals surface area (Å²) >= 11 is 23.4. The normalized spacial score (nSPS) is 11.4. The smallest absolute Gasteiger partial charge is 0.337 e. The van der Waals surface area contributed by atoms with Gasteiger partial charge in [-0.05, 0) is 43.3 Å². The monoisotopic (exact) mass is 435 g/mol. The highest BCUT2D eigenvalue weighted by molar-refractivity contribution is 6.42. The molecule has 0 aliphatic carbocycles. The molecule has 0 saturated carbocycles. The van der Waals surface area contributed by atoms with Crippen molar-refractivity contribution in [2.24, 2.45) is 0 Å². The summed E-state index contributed by atoms with van der Waals surface area (Å²) in [7, 11) is 0. The van der Waals surface area contributed by atoms with E-state index in [1.54, 1.807) is 18.2 Å². The molecule has 0 heterocycles. The standard InChI is InChI=1S/C16H13Cl4N3O3/c1-8(26-14-5-2-9(17)6-13(14)20)15(24)22-23-16(25)21-10-3-4-11(18)12(19)7-10/h2-8H,1H3,(H,22,24)(H2,21,23,25). The number of hydrogen-bond donors (Lipinski definition) is 3. The van der Waals surface area contributed by atoms with E-state index in [4.69, 9.17) is 51.1 Å². The highest BCUT2D eigenvalue weighted by atomic mass is 35.5. The van der Waals surface area contributed by atoms with Crippen LogP contribution >= 0.6 is 46.4 Å². The Morgan fingerprint density at radius 3 is 2.31 bits per heavy atom. The lowest BCUT2D eigenvalue weighted by Crippen LogP contribution is -2.48. The lowest BCUT2D eigenvalue weighted by Gasteiger charge is -2.16. The van der Waals surface area contributed by atoms with Crippen LogP contribution in [0.1, 0.15) is 6.92 Å². The Hall–Kier alpha value is -1.86. The molecule has 0 aliphatic heterocycles. The fourth-order valence-electron chi connectivity index (χ4n) is 1.77. The second-order valence-corrected chi connectivity index (χ2v) is 6.69. The molecular formula is C16H13Cl4N3O3. The van der Waals surface area contributed by atoms with Gasteiger partial charge in [-0.2, -0.15) is 0 Å². The number of carbonyl (C=O) groups excluding carboxylic acids is 2. The van der Waals surface area contributed by atoms with Crippen LogP contribution in [0.3, 0.4) is 0 Å². The third-order valence-corrected chi connectivity index (χ3v) is 4.31. The van der Waals surface area contributed by atoms with Gasteiger partial charge in [0.15, 0.2) is 6.10 Å². The van der Waals surface area contributed by atoms with Gasteiger partial charge in [0.25, 0.3) is 5.91 Å². The first kappa shape index (κ1) is 20.5. The Bertz CT molecular complexity index is 832. The zero-order valence-corrected chi connectivity index (χ0v) is 16.3. The lowest BCUT2D eigenvalue weighted by molar-refractivity contribution is -0.127. The summed E-state index contributed by atoms with van der Waals surface area (Å²) < 4.78 is 5.43. The molecule has 0 aromatic heterocycles. The molecule has 3 N–H and O–H groups in total. The van der Waals surface area contributed by atoms with Gasteiger partial charge in [-0.1, -0.05) is 46.4 Å². The van der Waals surface area contributed by atoms with Crippen molar-refractivity contribution in [1.82, 2.24) is 10.9 Å². The quantitative estimate of drug-likeness (QED) is 0.595. The molecule has 26 heavy (non-hydrogen) atoms. The zero-order valence-electron chi connectivity index (χ0n) is 13.3. The molecule has 6 nitrogen and oxygen atoms in total. The maximum Gasteiger partial charge on any atom is 0.337 e. The van der Waals surface area contributed by atoms with Crippen LogP contribution in [0.15, 0.2) is 36.4 Å². The van der Waals surface area contributed by atoms with Crippen molar-refractivity contribution in [3.8, 4) is 5.75 Å². The number of hydrazine groups is 1. The summed E-state index contributed by atoms with van der Waals surface area (Å²) in [6, 6.07) is 8.50. The summed E-state index contributed by atoms with van der Waals surface area (Å²) in [5, 5.41) is 3.84. The molecule has 1 atom stereocenters. The fourth-order valence-corrected chi connectivity index (χ4v) is 2.52. The van der Waals surface area contributed by atoms with Crippen molar-refractivity contribution in [2.75, 3.05) is 5.32 Å². The number of halogens is 4. The van der Waals surface area contributed by atoms with Crippen LogP contribution in [-0.4, -0.2) is 18.0 Å². The SMILES string of the molecule is CC(Oc1ccc(Cl)cc1Cl)C(=O)NNC(=O)Nc1ccc(Cl)c(Cl)c1. The minimum Gasteiger partial charge on any atom is -0.479 e. The molecule has 3 amide bonds. The van der Waals surface area contributed by atoms with Crippen LogP contribution in [0, 0.1) is 0 Å². The predicted molar refractivity (Wildman–Crippen MR) is 103 cm³/mol.